The molecule has 0 radical (unpaired) electrons. The number of aliphatic carboxylic acids is 1. The molecule has 0 aliphatic carbocycles. The van der Waals surface area contributed by atoms with Gasteiger partial charge >= 0.3 is 5.97 Å². The fraction of sp³-hybridized carbons (Fsp3) is 0.385. The number of nitrogens with zero attached hydrogens (tertiary/aromatic N) is 2. The Labute approximate surface area is 126 Å². The zero-order valence-corrected chi connectivity index (χ0v) is 12.1. The number of hydrogen-bond acceptors (Lipinski definition) is 6. The SMILES string of the molecule is Cc1cn(CC(=O)N(CCN)CC(=O)C(=O)O)c(=O)cc1N. The molecule has 0 spiro atoms. The van der Waals surface area contributed by atoms with Crippen LogP contribution in [0.5, 0.6) is 0 Å². The monoisotopic (exact) mass is 310 g/mol. The maximum atomic E-state index is 12.1. The standard InChI is InChI=1S/C13H18N4O5/c1-8-5-17(11(19)4-9(8)15)7-12(20)16(3-2-14)6-10(18)13(21)22/h4-5H,2-3,6-7,14-15H2,1H3,(H,21,22). The Balaban J connectivity index is 2.92. The lowest BCUT2D eigenvalue weighted by atomic mass is 10.2. The minimum Gasteiger partial charge on any atom is -0.475 e. The van der Waals surface area contributed by atoms with E-state index in [1.807, 2.05) is 0 Å². The number of rotatable bonds is 7. The second kappa shape index (κ2) is 7.36. The molecule has 0 bridgehead atoms. The maximum Gasteiger partial charge on any atom is 0.374 e. The number of pyridine rings is 1. The number of anilines is 1. The molecule has 1 aromatic rings. The summed E-state index contributed by atoms with van der Waals surface area (Å²) in [6, 6.07) is 1.19. The highest BCUT2D eigenvalue weighted by Gasteiger charge is 2.21. The fourth-order valence-corrected chi connectivity index (χ4v) is 1.76. The Hall–Kier alpha value is -2.68. The number of Topliss-reactive ketones (excluding diaryl/α,β-unsaturated/α-hetero) is 1. The van der Waals surface area contributed by atoms with E-state index in [2.05, 4.69) is 0 Å². The van der Waals surface area contributed by atoms with E-state index in [4.69, 9.17) is 16.6 Å². The molecule has 1 aromatic heterocycles. The van der Waals surface area contributed by atoms with Crippen LogP contribution in [0, 0.1) is 6.92 Å². The topological polar surface area (TPSA) is 149 Å². The van der Waals surface area contributed by atoms with E-state index in [1.54, 1.807) is 6.92 Å². The molecule has 0 atom stereocenters. The second-order valence-electron chi connectivity index (χ2n) is 4.71. The van der Waals surface area contributed by atoms with E-state index in [0.29, 0.717) is 11.3 Å². The number of nitrogens with two attached hydrogens (primary N) is 2. The number of carboxylic acids is 1. The van der Waals surface area contributed by atoms with Crippen molar-refractivity contribution in [3.8, 4) is 0 Å². The Morgan fingerprint density at radius 2 is 2.00 bits per heavy atom. The molecule has 1 rings (SSSR count). The molecule has 0 aromatic carbocycles. The summed E-state index contributed by atoms with van der Waals surface area (Å²) >= 11 is 0. The van der Waals surface area contributed by atoms with E-state index in [9.17, 15) is 19.2 Å². The molecule has 0 aliphatic heterocycles. The van der Waals surface area contributed by atoms with Gasteiger partial charge in [0.2, 0.25) is 5.91 Å². The van der Waals surface area contributed by atoms with Crippen LogP contribution in [-0.4, -0.2) is 51.9 Å². The van der Waals surface area contributed by atoms with Crippen LogP contribution in [0.1, 0.15) is 5.56 Å². The third-order valence-electron chi connectivity index (χ3n) is 3.00. The molecule has 1 amide bonds. The number of ketones is 1. The maximum absolute atomic E-state index is 12.1. The minimum atomic E-state index is -1.63. The zero-order valence-electron chi connectivity index (χ0n) is 12.1. The molecule has 5 N–H and O–H groups in total. The molecule has 1 heterocycles. The number of amides is 1. The summed E-state index contributed by atoms with van der Waals surface area (Å²) < 4.78 is 1.14. The first kappa shape index (κ1) is 17.4. The van der Waals surface area contributed by atoms with Crippen LogP contribution in [0.25, 0.3) is 0 Å². The smallest absolute Gasteiger partial charge is 0.374 e. The van der Waals surface area contributed by atoms with Gasteiger partial charge < -0.3 is 26.0 Å². The van der Waals surface area contributed by atoms with Crippen LogP contribution in [0.4, 0.5) is 5.69 Å². The Kier molecular flexibility index (Phi) is 5.81. The predicted molar refractivity (Wildman–Crippen MR) is 78.1 cm³/mol. The van der Waals surface area contributed by atoms with E-state index < -0.39 is 29.8 Å². The molecule has 0 aliphatic rings. The Morgan fingerprint density at radius 1 is 1.36 bits per heavy atom. The van der Waals surface area contributed by atoms with Gasteiger partial charge in [0.25, 0.3) is 11.3 Å². The van der Waals surface area contributed by atoms with Crippen LogP contribution in [0.15, 0.2) is 17.1 Å². The first-order chi connectivity index (χ1) is 10.3. The van der Waals surface area contributed by atoms with E-state index >= 15 is 0 Å². The second-order valence-corrected chi connectivity index (χ2v) is 4.71. The summed E-state index contributed by atoms with van der Waals surface area (Å²) in [7, 11) is 0. The fourth-order valence-electron chi connectivity index (χ4n) is 1.76. The molecule has 9 heteroatoms. The number of aryl methyl sites for hydroxylation is 1. The van der Waals surface area contributed by atoms with Crippen LogP contribution in [-0.2, 0) is 20.9 Å². The van der Waals surface area contributed by atoms with Crippen molar-refractivity contribution in [1.29, 1.82) is 0 Å². The van der Waals surface area contributed by atoms with E-state index in [0.717, 1.165) is 9.47 Å². The summed E-state index contributed by atoms with van der Waals surface area (Å²) in [4.78, 5) is 46.7. The lowest BCUT2D eigenvalue weighted by Crippen LogP contribution is -2.43. The van der Waals surface area contributed by atoms with E-state index in [-0.39, 0.29) is 19.6 Å². The van der Waals surface area contributed by atoms with Crippen molar-refractivity contribution >= 4 is 23.3 Å². The molecule has 9 nitrogen and oxygen atoms in total. The van der Waals surface area contributed by atoms with Gasteiger partial charge in [-0.05, 0) is 12.5 Å². The molecule has 120 valence electrons. The van der Waals surface area contributed by atoms with Crippen molar-refractivity contribution in [3.63, 3.8) is 0 Å². The summed E-state index contributed by atoms with van der Waals surface area (Å²) in [6.45, 7) is 0.844. The summed E-state index contributed by atoms with van der Waals surface area (Å²) in [5.41, 5.74) is 11.4. The Bertz CT molecular complexity index is 652. The first-order valence-corrected chi connectivity index (χ1v) is 6.46. The quantitative estimate of drug-likeness (QED) is 0.502. The number of hydrogen-bond donors (Lipinski definition) is 3. The van der Waals surface area contributed by atoms with Gasteiger partial charge in [-0.25, -0.2) is 4.79 Å². The first-order valence-electron chi connectivity index (χ1n) is 6.46. The molecule has 22 heavy (non-hydrogen) atoms. The van der Waals surface area contributed by atoms with Gasteiger partial charge in [0, 0.05) is 31.0 Å². The van der Waals surface area contributed by atoms with Gasteiger partial charge in [-0.1, -0.05) is 0 Å². The van der Waals surface area contributed by atoms with Crippen LogP contribution in [0.3, 0.4) is 0 Å². The van der Waals surface area contributed by atoms with Crippen molar-refractivity contribution in [1.82, 2.24) is 9.47 Å². The van der Waals surface area contributed by atoms with Gasteiger partial charge in [-0.15, -0.1) is 0 Å². The normalized spacial score (nSPS) is 10.3. The average molecular weight is 310 g/mol. The van der Waals surface area contributed by atoms with Crippen molar-refractivity contribution in [2.75, 3.05) is 25.4 Å². The molecule has 0 saturated heterocycles. The summed E-state index contributed by atoms with van der Waals surface area (Å²) in [5.74, 6) is -3.33. The zero-order chi connectivity index (χ0) is 16.9. The van der Waals surface area contributed by atoms with E-state index in [1.165, 1.54) is 12.3 Å². The van der Waals surface area contributed by atoms with Gasteiger partial charge in [-0.3, -0.25) is 14.4 Å². The van der Waals surface area contributed by atoms with Crippen molar-refractivity contribution in [2.45, 2.75) is 13.5 Å². The molecule has 0 saturated carbocycles. The molecule has 0 unspecified atom stereocenters. The minimum absolute atomic E-state index is 0.0144. The molecule has 0 fully saturated rings. The number of carbonyl (C=O) groups excluding carboxylic acids is 2. The van der Waals surface area contributed by atoms with Gasteiger partial charge in [0.1, 0.15) is 6.54 Å². The van der Waals surface area contributed by atoms with Crippen LogP contribution < -0.4 is 17.0 Å². The highest BCUT2D eigenvalue weighted by Crippen LogP contribution is 2.05. The van der Waals surface area contributed by atoms with Gasteiger partial charge in [0.15, 0.2) is 0 Å². The van der Waals surface area contributed by atoms with Crippen molar-refractivity contribution in [3.05, 3.63) is 28.2 Å². The summed E-state index contributed by atoms with van der Waals surface area (Å²) in [6.07, 6.45) is 1.43. The summed E-state index contributed by atoms with van der Waals surface area (Å²) in [5, 5.41) is 8.59. The number of carboxylic acid groups (broad SMARTS) is 1. The van der Waals surface area contributed by atoms with Crippen molar-refractivity contribution < 1.29 is 19.5 Å². The van der Waals surface area contributed by atoms with Crippen LogP contribution >= 0.6 is 0 Å². The number of nitrogen functional groups attached to an aromatic ring is 1. The Morgan fingerprint density at radius 3 is 2.55 bits per heavy atom. The molecular weight excluding hydrogens is 292 g/mol. The average Bonchev–Trinajstić information content (AvgIpc) is 2.43. The highest BCUT2D eigenvalue weighted by atomic mass is 16.4. The predicted octanol–water partition coefficient (Wildman–Crippen LogP) is -1.82. The lowest BCUT2D eigenvalue weighted by molar-refractivity contribution is -0.150. The van der Waals surface area contributed by atoms with Gasteiger partial charge in [-0.2, -0.15) is 0 Å². The highest BCUT2D eigenvalue weighted by molar-refractivity contribution is 6.33. The number of carbonyl (C=O) groups is 3. The lowest BCUT2D eigenvalue weighted by Gasteiger charge is -2.21. The third kappa shape index (κ3) is 4.42. The molecular formula is C13H18N4O5. The third-order valence-corrected chi connectivity index (χ3v) is 3.00. The van der Waals surface area contributed by atoms with Crippen LogP contribution in [0.2, 0.25) is 0 Å². The largest absolute Gasteiger partial charge is 0.475 e. The van der Waals surface area contributed by atoms with Crippen molar-refractivity contribution in [2.24, 2.45) is 5.73 Å². The number of aromatic nitrogens is 1. The van der Waals surface area contributed by atoms with Gasteiger partial charge in [0.05, 0.1) is 6.54 Å².